The van der Waals surface area contributed by atoms with Gasteiger partial charge in [0.2, 0.25) is 0 Å². The molecule has 0 amide bonds. The van der Waals surface area contributed by atoms with Crippen LogP contribution in [-0.2, 0) is 0 Å². The summed E-state index contributed by atoms with van der Waals surface area (Å²) >= 11 is 3.96. The van der Waals surface area contributed by atoms with Gasteiger partial charge < -0.3 is 5.32 Å². The standard InChI is InChI=1S/C10H18N2S2/c1-2-8-7-14-10(11-8)12-9-4-3-5-13-6-9/h8-9H,2-7H2,1H3,(H,11,12). The Kier molecular flexibility index (Phi) is 4.05. The molecule has 1 N–H and O–H groups in total. The van der Waals surface area contributed by atoms with Gasteiger partial charge in [0.1, 0.15) is 0 Å². The van der Waals surface area contributed by atoms with E-state index in [1.807, 2.05) is 11.8 Å². The average molecular weight is 230 g/mol. The van der Waals surface area contributed by atoms with Crippen molar-refractivity contribution < 1.29 is 0 Å². The summed E-state index contributed by atoms with van der Waals surface area (Å²) in [6, 6.07) is 1.24. The summed E-state index contributed by atoms with van der Waals surface area (Å²) in [6.07, 6.45) is 3.86. The molecule has 0 aromatic heterocycles. The molecule has 0 bridgehead atoms. The van der Waals surface area contributed by atoms with E-state index in [9.17, 15) is 0 Å². The molecule has 0 aromatic carbocycles. The van der Waals surface area contributed by atoms with E-state index in [0.717, 1.165) is 0 Å². The first-order valence-corrected chi connectivity index (χ1v) is 7.57. The Hall–Kier alpha value is 0.170. The summed E-state index contributed by atoms with van der Waals surface area (Å²) < 4.78 is 0. The molecule has 2 aliphatic heterocycles. The zero-order valence-corrected chi connectivity index (χ0v) is 10.3. The van der Waals surface area contributed by atoms with Crippen LogP contribution in [0, 0.1) is 0 Å². The average Bonchev–Trinajstić information content (AvgIpc) is 2.67. The molecule has 80 valence electrons. The van der Waals surface area contributed by atoms with Gasteiger partial charge in [0.05, 0.1) is 6.04 Å². The van der Waals surface area contributed by atoms with Gasteiger partial charge in [-0.25, -0.2) is 0 Å². The number of nitrogens with one attached hydrogen (secondary N) is 1. The lowest BCUT2D eigenvalue weighted by atomic mass is 10.2. The van der Waals surface area contributed by atoms with Crippen LogP contribution in [0.1, 0.15) is 26.2 Å². The summed E-state index contributed by atoms with van der Waals surface area (Å²) in [7, 11) is 0. The second kappa shape index (κ2) is 5.31. The Morgan fingerprint density at radius 2 is 2.43 bits per heavy atom. The molecular weight excluding hydrogens is 212 g/mol. The summed E-state index contributed by atoms with van der Waals surface area (Å²) in [5.41, 5.74) is 0. The van der Waals surface area contributed by atoms with Crippen LogP contribution in [0.4, 0.5) is 0 Å². The Labute approximate surface area is 94.7 Å². The molecule has 2 rings (SSSR count). The third kappa shape index (κ3) is 2.83. The van der Waals surface area contributed by atoms with Crippen molar-refractivity contribution in [3.05, 3.63) is 0 Å². The largest absolute Gasteiger partial charge is 0.361 e. The van der Waals surface area contributed by atoms with E-state index >= 15 is 0 Å². The molecule has 0 aliphatic carbocycles. The van der Waals surface area contributed by atoms with Gasteiger partial charge in [0.25, 0.3) is 0 Å². The lowest BCUT2D eigenvalue weighted by molar-refractivity contribution is 0.595. The SMILES string of the molecule is CCC1CSC(NC2CCCSC2)=N1. The third-order valence-electron chi connectivity index (χ3n) is 2.67. The van der Waals surface area contributed by atoms with Crippen molar-refractivity contribution in [3.8, 4) is 0 Å². The smallest absolute Gasteiger partial charge is 0.157 e. The van der Waals surface area contributed by atoms with Gasteiger partial charge in [-0.2, -0.15) is 11.8 Å². The quantitative estimate of drug-likeness (QED) is 0.788. The van der Waals surface area contributed by atoms with Gasteiger partial charge in [-0.05, 0) is 25.0 Å². The van der Waals surface area contributed by atoms with Gasteiger partial charge in [0, 0.05) is 17.5 Å². The first kappa shape index (κ1) is 10.7. The zero-order valence-electron chi connectivity index (χ0n) is 8.66. The molecule has 0 saturated carbocycles. The molecule has 14 heavy (non-hydrogen) atoms. The predicted octanol–water partition coefficient (Wildman–Crippen LogP) is 2.35. The van der Waals surface area contributed by atoms with Gasteiger partial charge in [0.15, 0.2) is 5.17 Å². The second-order valence-corrected chi connectivity index (χ2v) is 6.02. The van der Waals surface area contributed by atoms with Crippen LogP contribution in [0.2, 0.25) is 0 Å². The maximum Gasteiger partial charge on any atom is 0.157 e. The lowest BCUT2D eigenvalue weighted by Crippen LogP contribution is -2.36. The molecule has 1 fully saturated rings. The number of aliphatic imine (C=N–C) groups is 1. The van der Waals surface area contributed by atoms with Gasteiger partial charge in [-0.15, -0.1) is 0 Å². The molecule has 0 radical (unpaired) electrons. The van der Waals surface area contributed by atoms with Crippen LogP contribution in [0.25, 0.3) is 0 Å². The lowest BCUT2D eigenvalue weighted by Gasteiger charge is -2.22. The van der Waals surface area contributed by atoms with Crippen LogP contribution < -0.4 is 5.32 Å². The highest BCUT2D eigenvalue weighted by atomic mass is 32.2. The van der Waals surface area contributed by atoms with E-state index in [1.54, 1.807) is 0 Å². The van der Waals surface area contributed by atoms with Crippen LogP contribution >= 0.6 is 23.5 Å². The summed E-state index contributed by atoms with van der Waals surface area (Å²) in [6.45, 7) is 2.22. The fourth-order valence-corrected chi connectivity index (χ4v) is 3.94. The van der Waals surface area contributed by atoms with E-state index in [-0.39, 0.29) is 0 Å². The molecule has 2 heterocycles. The number of rotatable bonds is 2. The topological polar surface area (TPSA) is 24.4 Å². The minimum absolute atomic E-state index is 0.568. The van der Waals surface area contributed by atoms with Crippen molar-refractivity contribution in [2.75, 3.05) is 17.3 Å². The molecule has 1 saturated heterocycles. The van der Waals surface area contributed by atoms with Gasteiger partial charge in [-0.1, -0.05) is 18.7 Å². The van der Waals surface area contributed by atoms with Crippen LogP contribution in [0.5, 0.6) is 0 Å². The maximum atomic E-state index is 4.66. The van der Waals surface area contributed by atoms with E-state index in [1.165, 1.54) is 41.7 Å². The number of thioether (sulfide) groups is 2. The minimum atomic E-state index is 0.568. The van der Waals surface area contributed by atoms with E-state index in [4.69, 9.17) is 0 Å². The normalized spacial score (nSPS) is 32.8. The van der Waals surface area contributed by atoms with Crippen molar-refractivity contribution in [2.45, 2.75) is 38.3 Å². The summed E-state index contributed by atoms with van der Waals surface area (Å²) in [5, 5.41) is 4.77. The number of nitrogens with zero attached hydrogens (tertiary/aromatic N) is 1. The third-order valence-corrected chi connectivity index (χ3v) is 4.93. The van der Waals surface area contributed by atoms with Gasteiger partial charge >= 0.3 is 0 Å². The van der Waals surface area contributed by atoms with Crippen molar-refractivity contribution in [3.63, 3.8) is 0 Å². The molecule has 2 atom stereocenters. The first-order chi connectivity index (χ1) is 6.88. The fraction of sp³-hybridized carbons (Fsp3) is 0.900. The Morgan fingerprint density at radius 1 is 1.50 bits per heavy atom. The van der Waals surface area contributed by atoms with E-state index in [2.05, 4.69) is 29.0 Å². The number of amidine groups is 1. The molecule has 0 aromatic rings. The van der Waals surface area contributed by atoms with Crippen molar-refractivity contribution in [1.82, 2.24) is 5.32 Å². The number of hydrogen-bond acceptors (Lipinski definition) is 4. The van der Waals surface area contributed by atoms with Crippen LogP contribution in [0.15, 0.2) is 4.99 Å². The van der Waals surface area contributed by atoms with E-state index in [0.29, 0.717) is 12.1 Å². The highest BCUT2D eigenvalue weighted by molar-refractivity contribution is 8.14. The summed E-state index contributed by atoms with van der Waals surface area (Å²) in [5.74, 6) is 3.78. The van der Waals surface area contributed by atoms with Crippen molar-refractivity contribution in [2.24, 2.45) is 4.99 Å². The Balaban J connectivity index is 1.79. The maximum absolute atomic E-state index is 4.66. The highest BCUT2D eigenvalue weighted by Gasteiger charge is 2.20. The molecule has 0 spiro atoms. The monoisotopic (exact) mass is 230 g/mol. The molecule has 4 heteroatoms. The first-order valence-electron chi connectivity index (χ1n) is 5.43. The van der Waals surface area contributed by atoms with Crippen LogP contribution in [0.3, 0.4) is 0 Å². The fourth-order valence-electron chi connectivity index (χ4n) is 1.73. The Morgan fingerprint density at radius 3 is 3.07 bits per heavy atom. The molecular formula is C10H18N2S2. The van der Waals surface area contributed by atoms with Gasteiger partial charge in [-0.3, -0.25) is 4.99 Å². The Bertz CT molecular complexity index is 212. The van der Waals surface area contributed by atoms with Crippen molar-refractivity contribution in [1.29, 1.82) is 0 Å². The molecule has 2 unspecified atom stereocenters. The predicted molar refractivity (Wildman–Crippen MR) is 67.5 cm³/mol. The highest BCUT2D eigenvalue weighted by Crippen LogP contribution is 2.22. The second-order valence-electron chi connectivity index (χ2n) is 3.87. The van der Waals surface area contributed by atoms with E-state index < -0.39 is 0 Å². The summed E-state index contributed by atoms with van der Waals surface area (Å²) in [4.78, 5) is 4.66. The van der Waals surface area contributed by atoms with Crippen LogP contribution in [-0.4, -0.2) is 34.5 Å². The minimum Gasteiger partial charge on any atom is -0.361 e. The molecule has 2 nitrogen and oxygen atoms in total. The van der Waals surface area contributed by atoms with Crippen molar-refractivity contribution >= 4 is 28.7 Å². The molecule has 2 aliphatic rings. The zero-order chi connectivity index (χ0) is 9.80. The number of hydrogen-bond donors (Lipinski definition) is 1.